The van der Waals surface area contributed by atoms with Gasteiger partial charge in [0, 0.05) is 43.4 Å². The fourth-order valence-electron chi connectivity index (χ4n) is 7.99. The van der Waals surface area contributed by atoms with Gasteiger partial charge in [0.05, 0.1) is 0 Å². The number of para-hydroxylation sites is 1. The van der Waals surface area contributed by atoms with Crippen molar-refractivity contribution in [2.75, 3.05) is 19.0 Å². The lowest BCUT2D eigenvalue weighted by molar-refractivity contribution is -0.661. The van der Waals surface area contributed by atoms with E-state index in [1.54, 1.807) is 0 Å². The lowest BCUT2D eigenvalue weighted by Crippen LogP contribution is -2.43. The van der Waals surface area contributed by atoms with Gasteiger partial charge in [0.25, 0.3) is 0 Å². The van der Waals surface area contributed by atoms with Crippen LogP contribution in [0.1, 0.15) is 127 Å². The van der Waals surface area contributed by atoms with E-state index in [2.05, 4.69) is 107 Å². The number of carbonyl (C=O) groups is 1. The first kappa shape index (κ1) is 41.1. The second kappa shape index (κ2) is 19.0. The van der Waals surface area contributed by atoms with Crippen molar-refractivity contribution >= 4 is 34.7 Å². The summed E-state index contributed by atoms with van der Waals surface area (Å²) < 4.78 is 15.0. The van der Waals surface area contributed by atoms with Crippen LogP contribution in [0.5, 0.6) is 11.5 Å². The second-order valence-corrected chi connectivity index (χ2v) is 17.2. The molecule has 1 aliphatic rings. The Morgan fingerprint density at radius 2 is 1.52 bits per heavy atom. The Hall–Kier alpha value is -4.12. The molecule has 2 heterocycles. The minimum Gasteiger partial charge on any atom is -0.487 e. The maximum Gasteiger partial charge on any atom is 0.378 e. The lowest BCUT2D eigenvalue weighted by atomic mass is 9.85. The average molecular weight is 732 g/mol. The molecule has 3 atom stereocenters. The number of benzene rings is 3. The van der Waals surface area contributed by atoms with Crippen LogP contribution in [0, 0.1) is 31.6 Å². The number of aryl methyl sites for hydroxylation is 1. The third-order valence-electron chi connectivity index (χ3n) is 11.8. The Bertz CT molecular complexity index is 1870. The van der Waals surface area contributed by atoms with Crippen LogP contribution >= 0.6 is 0 Å². The summed E-state index contributed by atoms with van der Waals surface area (Å²) in [6.07, 6.45) is 17.7. The molecule has 3 aromatic carbocycles. The number of pyridine rings is 1. The predicted octanol–water partition coefficient (Wildman–Crippen LogP) is 12.1. The molecule has 5 heteroatoms. The summed E-state index contributed by atoms with van der Waals surface area (Å²) in [7, 11) is 4.08. The molecule has 290 valence electrons. The van der Waals surface area contributed by atoms with E-state index in [0.717, 1.165) is 87.3 Å². The molecule has 0 bridgehead atoms. The third-order valence-corrected chi connectivity index (χ3v) is 11.8. The number of rotatable bonds is 18. The van der Waals surface area contributed by atoms with E-state index in [1.807, 2.05) is 43.8 Å². The predicted molar refractivity (Wildman–Crippen MR) is 227 cm³/mol. The summed E-state index contributed by atoms with van der Waals surface area (Å²) in [4.78, 5) is 15.8. The normalized spacial score (nSPS) is 16.7. The van der Waals surface area contributed by atoms with Crippen LogP contribution in [0.15, 0.2) is 66.7 Å². The minimum absolute atomic E-state index is 0.0977. The molecular formula is C49H67N2O3+. The molecule has 3 unspecified atom stereocenters. The fourth-order valence-corrected chi connectivity index (χ4v) is 7.99. The zero-order chi connectivity index (χ0) is 38.8. The maximum atomic E-state index is 13.7. The summed E-state index contributed by atoms with van der Waals surface area (Å²) in [5, 5.41) is 1.07. The standard InChI is InChI=1S/C49H67N2O3/c1-35(2)15-12-16-36(3)17-13-18-37(4)19-14-31-49(7)32-30-42-33-46(38(5)39(6)48(42)54-49)53-47(52)34-51-44(29-25-41-20-10-11-21-45(41)51)28-24-40-22-26-43(27-23-40)50(8)9/h10-11,20-29,33,35-37H,12-19,30-32,34H2,1-9H3/q+1. The van der Waals surface area contributed by atoms with Gasteiger partial charge in [-0.1, -0.05) is 96.9 Å². The van der Waals surface area contributed by atoms with E-state index in [0.29, 0.717) is 5.75 Å². The molecule has 1 aliphatic heterocycles. The fraction of sp³-hybridized carbons (Fsp3) is 0.510. The lowest BCUT2D eigenvalue weighted by Gasteiger charge is -2.37. The van der Waals surface area contributed by atoms with Crippen molar-refractivity contribution < 1.29 is 18.8 Å². The first-order valence-corrected chi connectivity index (χ1v) is 20.7. The Kier molecular flexibility index (Phi) is 14.4. The van der Waals surface area contributed by atoms with Crippen molar-refractivity contribution in [1.82, 2.24) is 0 Å². The molecule has 4 aromatic rings. The summed E-state index contributed by atoms with van der Waals surface area (Å²) in [6.45, 7) is 16.1. The van der Waals surface area contributed by atoms with Gasteiger partial charge in [-0.05, 0) is 123 Å². The van der Waals surface area contributed by atoms with Crippen molar-refractivity contribution in [3.63, 3.8) is 0 Å². The molecule has 0 radical (unpaired) electrons. The highest BCUT2D eigenvalue weighted by molar-refractivity contribution is 5.79. The first-order valence-electron chi connectivity index (χ1n) is 20.7. The van der Waals surface area contributed by atoms with Gasteiger partial charge in [-0.15, -0.1) is 0 Å². The van der Waals surface area contributed by atoms with Crippen molar-refractivity contribution in [1.29, 1.82) is 0 Å². The van der Waals surface area contributed by atoms with Gasteiger partial charge in [0.1, 0.15) is 17.1 Å². The quantitative estimate of drug-likeness (QED) is 0.0580. The van der Waals surface area contributed by atoms with Crippen LogP contribution in [0.3, 0.4) is 0 Å². The van der Waals surface area contributed by atoms with Gasteiger partial charge < -0.3 is 14.4 Å². The van der Waals surface area contributed by atoms with Gasteiger partial charge in [-0.3, -0.25) is 0 Å². The Labute approximate surface area is 326 Å². The molecule has 0 fully saturated rings. The summed E-state index contributed by atoms with van der Waals surface area (Å²) >= 11 is 0. The number of nitrogens with zero attached hydrogens (tertiary/aromatic N) is 2. The van der Waals surface area contributed by atoms with Gasteiger partial charge in [-0.25, -0.2) is 4.79 Å². The highest BCUT2D eigenvalue weighted by atomic mass is 16.5. The SMILES string of the molecule is Cc1c(OC(=O)C[n+]2c(/C=C/c3ccc(N(C)C)cc3)ccc3ccccc32)cc2c(c1C)OC(C)(CCCC(C)CCCC(C)CCCC(C)C)CC2. The van der Waals surface area contributed by atoms with E-state index < -0.39 is 0 Å². The van der Waals surface area contributed by atoms with E-state index in [9.17, 15) is 4.79 Å². The molecule has 0 saturated carbocycles. The molecular weight excluding hydrogens is 665 g/mol. The van der Waals surface area contributed by atoms with Crippen LogP contribution in [0.25, 0.3) is 23.1 Å². The van der Waals surface area contributed by atoms with Crippen molar-refractivity contribution in [2.45, 2.75) is 131 Å². The molecule has 54 heavy (non-hydrogen) atoms. The van der Waals surface area contributed by atoms with Crippen molar-refractivity contribution in [3.8, 4) is 11.5 Å². The van der Waals surface area contributed by atoms with E-state index in [1.165, 1.54) is 51.4 Å². The zero-order valence-electron chi connectivity index (χ0n) is 34.8. The zero-order valence-corrected chi connectivity index (χ0v) is 34.8. The number of anilines is 1. The Morgan fingerprint density at radius 1 is 0.852 bits per heavy atom. The molecule has 5 rings (SSSR count). The number of carbonyl (C=O) groups excluding carboxylic acids is 1. The highest BCUT2D eigenvalue weighted by Crippen LogP contribution is 2.42. The van der Waals surface area contributed by atoms with Gasteiger partial charge >= 0.3 is 5.97 Å². The molecule has 0 N–H and O–H groups in total. The molecule has 0 amide bonds. The number of aromatic nitrogens is 1. The molecule has 0 spiro atoms. The van der Waals surface area contributed by atoms with Gasteiger partial charge in [0.15, 0.2) is 0 Å². The number of hydrogen-bond donors (Lipinski definition) is 0. The van der Waals surface area contributed by atoms with Crippen LogP contribution in [-0.2, 0) is 17.8 Å². The van der Waals surface area contributed by atoms with Crippen molar-refractivity contribution in [3.05, 3.63) is 94.7 Å². The largest absolute Gasteiger partial charge is 0.487 e. The summed E-state index contributed by atoms with van der Waals surface area (Å²) in [6, 6.07) is 22.8. The molecule has 0 saturated heterocycles. The monoisotopic (exact) mass is 732 g/mol. The minimum atomic E-state index is -0.292. The molecule has 5 nitrogen and oxygen atoms in total. The first-order chi connectivity index (χ1) is 25.8. The van der Waals surface area contributed by atoms with Gasteiger partial charge in [-0.2, -0.15) is 4.57 Å². The van der Waals surface area contributed by atoms with Crippen molar-refractivity contribution in [2.24, 2.45) is 17.8 Å². The Morgan fingerprint density at radius 3 is 2.20 bits per heavy atom. The van der Waals surface area contributed by atoms with Crippen LogP contribution < -0.4 is 18.9 Å². The smallest absolute Gasteiger partial charge is 0.378 e. The molecule has 0 aliphatic carbocycles. The van der Waals surface area contributed by atoms with E-state index >= 15 is 0 Å². The van der Waals surface area contributed by atoms with Crippen LogP contribution in [-0.4, -0.2) is 25.7 Å². The summed E-state index contributed by atoms with van der Waals surface area (Å²) in [5.74, 6) is 3.75. The van der Waals surface area contributed by atoms with E-state index in [4.69, 9.17) is 9.47 Å². The third kappa shape index (κ3) is 11.2. The van der Waals surface area contributed by atoms with Gasteiger partial charge in [0.2, 0.25) is 17.8 Å². The summed E-state index contributed by atoms with van der Waals surface area (Å²) in [5.41, 5.74) is 7.17. The van der Waals surface area contributed by atoms with E-state index in [-0.39, 0.29) is 18.1 Å². The number of ether oxygens (including phenoxy) is 2. The number of hydrogen-bond acceptors (Lipinski definition) is 4. The molecule has 1 aromatic heterocycles. The van der Waals surface area contributed by atoms with Crippen LogP contribution in [0.2, 0.25) is 0 Å². The number of esters is 1. The van der Waals surface area contributed by atoms with Crippen LogP contribution in [0.4, 0.5) is 5.69 Å². The second-order valence-electron chi connectivity index (χ2n) is 17.2. The topological polar surface area (TPSA) is 42.7 Å². The maximum absolute atomic E-state index is 13.7. The highest BCUT2D eigenvalue weighted by Gasteiger charge is 2.33. The number of fused-ring (bicyclic) bond motifs is 2. The average Bonchev–Trinajstić information content (AvgIpc) is 3.13. The Balaban J connectivity index is 1.19.